The molecule has 0 saturated heterocycles. The summed E-state index contributed by atoms with van der Waals surface area (Å²) in [5.74, 6) is -1.74. The molecular formula is C26H32F2O6. The van der Waals surface area contributed by atoms with Gasteiger partial charge in [0, 0.05) is 31.8 Å². The highest BCUT2D eigenvalue weighted by atomic mass is 19.2. The summed E-state index contributed by atoms with van der Waals surface area (Å²) in [5, 5.41) is 0. The molecule has 0 aliphatic rings. The molecule has 0 aliphatic carbocycles. The van der Waals surface area contributed by atoms with E-state index in [9.17, 15) is 13.6 Å². The molecule has 0 fully saturated rings. The van der Waals surface area contributed by atoms with Crippen LogP contribution >= 0.6 is 0 Å². The van der Waals surface area contributed by atoms with E-state index in [-0.39, 0.29) is 42.9 Å². The average Bonchev–Trinajstić information content (AvgIpc) is 2.81. The molecule has 0 N–H and O–H groups in total. The molecule has 0 aromatic heterocycles. The van der Waals surface area contributed by atoms with Crippen LogP contribution in [0.3, 0.4) is 0 Å². The lowest BCUT2D eigenvalue weighted by atomic mass is 9.90. The number of hydrogen-bond donors (Lipinski definition) is 0. The zero-order chi connectivity index (χ0) is 25.3. The highest BCUT2D eigenvalue weighted by molar-refractivity contribution is 6.03. The zero-order valence-electron chi connectivity index (χ0n) is 20.5. The third-order valence-corrected chi connectivity index (χ3v) is 5.11. The van der Waals surface area contributed by atoms with E-state index >= 15 is 0 Å². The predicted molar refractivity (Wildman–Crippen MR) is 125 cm³/mol. The first-order valence-electron chi connectivity index (χ1n) is 10.8. The van der Waals surface area contributed by atoms with Gasteiger partial charge >= 0.3 is 0 Å². The van der Waals surface area contributed by atoms with Gasteiger partial charge in [-0.2, -0.15) is 0 Å². The number of carbonyl (C=O) groups excluding carboxylic acids is 1. The molecule has 1 atom stereocenters. The van der Waals surface area contributed by atoms with E-state index in [0.29, 0.717) is 23.3 Å². The van der Waals surface area contributed by atoms with Crippen molar-refractivity contribution in [3.8, 4) is 17.2 Å². The van der Waals surface area contributed by atoms with Crippen LogP contribution in [0.5, 0.6) is 17.2 Å². The SMILES string of the molecule is COCOc1cc(OC)c(C(=O)C(C)Cc2ccc(F)c(F)c2)c(OCOC)c1CC=C(C)C. The molecule has 0 spiro atoms. The summed E-state index contributed by atoms with van der Waals surface area (Å²) in [6, 6.07) is 5.24. The molecule has 0 radical (unpaired) electrons. The Hall–Kier alpha value is -2.97. The van der Waals surface area contributed by atoms with Gasteiger partial charge in [-0.15, -0.1) is 0 Å². The maximum Gasteiger partial charge on any atom is 0.188 e. The highest BCUT2D eigenvalue weighted by Crippen LogP contribution is 2.42. The largest absolute Gasteiger partial charge is 0.496 e. The van der Waals surface area contributed by atoms with Gasteiger partial charge < -0.3 is 23.7 Å². The topological polar surface area (TPSA) is 63.2 Å². The van der Waals surface area contributed by atoms with Gasteiger partial charge in [-0.3, -0.25) is 4.79 Å². The van der Waals surface area contributed by atoms with E-state index in [1.54, 1.807) is 13.0 Å². The van der Waals surface area contributed by atoms with Crippen LogP contribution in [-0.4, -0.2) is 40.7 Å². The van der Waals surface area contributed by atoms with Crippen LogP contribution in [0.25, 0.3) is 0 Å². The van der Waals surface area contributed by atoms with Crippen LogP contribution in [0.15, 0.2) is 35.9 Å². The Bertz CT molecular complexity index is 1010. The molecule has 8 heteroatoms. The molecule has 0 heterocycles. The Balaban J connectivity index is 2.59. The van der Waals surface area contributed by atoms with Crippen molar-refractivity contribution < 1.29 is 37.3 Å². The summed E-state index contributed by atoms with van der Waals surface area (Å²) < 4.78 is 54.3. The second-order valence-electron chi connectivity index (χ2n) is 8.06. The van der Waals surface area contributed by atoms with Gasteiger partial charge in [0.25, 0.3) is 0 Å². The molecule has 0 saturated carbocycles. The molecule has 186 valence electrons. The molecule has 0 amide bonds. The molecule has 1 unspecified atom stereocenters. The van der Waals surface area contributed by atoms with Crippen LogP contribution in [-0.2, 0) is 22.3 Å². The maximum absolute atomic E-state index is 13.7. The lowest BCUT2D eigenvalue weighted by molar-refractivity contribution is 0.0438. The van der Waals surface area contributed by atoms with Gasteiger partial charge in [-0.1, -0.05) is 24.6 Å². The number of benzene rings is 2. The van der Waals surface area contributed by atoms with E-state index in [0.717, 1.165) is 17.7 Å². The summed E-state index contributed by atoms with van der Waals surface area (Å²) in [6.07, 6.45) is 2.62. The normalized spacial score (nSPS) is 11.6. The molecule has 34 heavy (non-hydrogen) atoms. The van der Waals surface area contributed by atoms with E-state index in [1.807, 2.05) is 19.9 Å². The van der Waals surface area contributed by atoms with Crippen molar-refractivity contribution in [2.45, 2.75) is 33.6 Å². The van der Waals surface area contributed by atoms with Crippen molar-refractivity contribution >= 4 is 5.78 Å². The third-order valence-electron chi connectivity index (χ3n) is 5.11. The minimum absolute atomic E-state index is 0.00544. The number of Topliss-reactive ketones (excluding diaryl/α,β-unsaturated/α-hetero) is 1. The lowest BCUT2D eigenvalue weighted by Crippen LogP contribution is -2.19. The number of hydrogen-bond acceptors (Lipinski definition) is 6. The van der Waals surface area contributed by atoms with Crippen molar-refractivity contribution in [2.24, 2.45) is 5.92 Å². The summed E-state index contributed by atoms with van der Waals surface area (Å²) in [6.45, 7) is 5.54. The zero-order valence-corrected chi connectivity index (χ0v) is 20.5. The number of carbonyl (C=O) groups is 1. The molecule has 2 rings (SSSR count). The van der Waals surface area contributed by atoms with Gasteiger partial charge in [-0.05, 0) is 44.4 Å². The fraction of sp³-hybridized carbons (Fsp3) is 0.423. The van der Waals surface area contributed by atoms with Crippen molar-refractivity contribution in [3.05, 3.63) is 64.2 Å². The first-order valence-corrected chi connectivity index (χ1v) is 10.8. The molecule has 2 aromatic rings. The Labute approximate surface area is 199 Å². The van der Waals surface area contributed by atoms with Crippen LogP contribution < -0.4 is 14.2 Å². The summed E-state index contributed by atoms with van der Waals surface area (Å²) in [7, 11) is 4.43. The van der Waals surface area contributed by atoms with E-state index in [2.05, 4.69) is 0 Å². The van der Waals surface area contributed by atoms with Gasteiger partial charge in [0.15, 0.2) is 31.0 Å². The Morgan fingerprint density at radius 2 is 1.65 bits per heavy atom. The van der Waals surface area contributed by atoms with Crippen LogP contribution in [0, 0.1) is 17.6 Å². The first-order chi connectivity index (χ1) is 16.2. The number of ether oxygens (including phenoxy) is 5. The number of rotatable bonds is 13. The van der Waals surface area contributed by atoms with Crippen LogP contribution in [0.4, 0.5) is 8.78 Å². The number of ketones is 1. The predicted octanol–water partition coefficient (Wildman–Crippen LogP) is 5.51. The van der Waals surface area contributed by atoms with Gasteiger partial charge in [0.1, 0.15) is 22.8 Å². The average molecular weight is 479 g/mol. The molecule has 0 bridgehead atoms. The fourth-order valence-corrected chi connectivity index (χ4v) is 3.43. The number of halogens is 2. The molecular weight excluding hydrogens is 446 g/mol. The minimum Gasteiger partial charge on any atom is -0.496 e. The Morgan fingerprint density at radius 3 is 2.24 bits per heavy atom. The first kappa shape index (κ1) is 27.3. The Morgan fingerprint density at radius 1 is 0.971 bits per heavy atom. The van der Waals surface area contributed by atoms with E-state index in [4.69, 9.17) is 23.7 Å². The van der Waals surface area contributed by atoms with Crippen molar-refractivity contribution in [2.75, 3.05) is 34.9 Å². The highest BCUT2D eigenvalue weighted by Gasteiger charge is 2.29. The number of allylic oxidation sites excluding steroid dienone is 2. The summed E-state index contributed by atoms with van der Waals surface area (Å²) in [5.41, 5.74) is 2.45. The van der Waals surface area contributed by atoms with Gasteiger partial charge in [-0.25, -0.2) is 8.78 Å². The van der Waals surface area contributed by atoms with Crippen LogP contribution in [0.2, 0.25) is 0 Å². The third kappa shape index (κ3) is 7.01. The van der Waals surface area contributed by atoms with Crippen molar-refractivity contribution in [1.29, 1.82) is 0 Å². The second kappa shape index (κ2) is 13.1. The lowest BCUT2D eigenvalue weighted by Gasteiger charge is -2.22. The quantitative estimate of drug-likeness (QED) is 0.215. The smallest absolute Gasteiger partial charge is 0.188 e. The van der Waals surface area contributed by atoms with Gasteiger partial charge in [0.2, 0.25) is 0 Å². The fourth-order valence-electron chi connectivity index (χ4n) is 3.43. The molecule has 0 aliphatic heterocycles. The maximum atomic E-state index is 13.7. The van der Waals surface area contributed by atoms with Crippen molar-refractivity contribution in [1.82, 2.24) is 0 Å². The van der Waals surface area contributed by atoms with Gasteiger partial charge in [0.05, 0.1) is 7.11 Å². The number of methoxy groups -OCH3 is 3. The molecule has 2 aromatic carbocycles. The summed E-state index contributed by atoms with van der Waals surface area (Å²) >= 11 is 0. The van der Waals surface area contributed by atoms with Crippen molar-refractivity contribution in [3.63, 3.8) is 0 Å². The second-order valence-corrected chi connectivity index (χ2v) is 8.06. The summed E-state index contributed by atoms with van der Waals surface area (Å²) in [4.78, 5) is 13.6. The van der Waals surface area contributed by atoms with Crippen LogP contribution in [0.1, 0.15) is 42.3 Å². The molecule has 6 nitrogen and oxygen atoms in total. The Kier molecular flexibility index (Phi) is 10.5. The van der Waals surface area contributed by atoms with E-state index < -0.39 is 17.6 Å². The standard InChI is InChI=1S/C26H32F2O6/c1-16(2)7-9-19-22(33-14-30-4)13-23(32-6)24(26(19)34-15-31-5)25(29)17(3)11-18-8-10-20(27)21(28)12-18/h7-8,10,12-13,17H,9,11,14-15H2,1-6H3. The monoisotopic (exact) mass is 478 g/mol. The minimum atomic E-state index is -0.956. The van der Waals surface area contributed by atoms with E-state index in [1.165, 1.54) is 27.4 Å².